The Bertz CT molecular complexity index is 1220. The molecule has 152 valence electrons. The first-order valence-corrected chi connectivity index (χ1v) is 9.65. The fourth-order valence-electron chi connectivity index (χ4n) is 3.10. The molecule has 4 heterocycles. The van der Waals surface area contributed by atoms with Crippen molar-refractivity contribution in [3.8, 4) is 23.1 Å². The number of aliphatic hydroxyl groups is 1. The van der Waals surface area contributed by atoms with Gasteiger partial charge in [-0.15, -0.1) is 5.10 Å². The van der Waals surface area contributed by atoms with Crippen molar-refractivity contribution >= 4 is 16.7 Å². The minimum Gasteiger partial charge on any atom is -0.394 e. The van der Waals surface area contributed by atoms with Crippen LogP contribution in [0, 0.1) is 11.3 Å². The molecule has 0 saturated carbocycles. The van der Waals surface area contributed by atoms with Crippen LogP contribution in [-0.2, 0) is 6.54 Å². The third-order valence-corrected chi connectivity index (χ3v) is 4.59. The SMILES string of the molecule is CCCn1cc(-c2cnc(-n3ncc4cc(C#N)cnc43)cc2N[C@@H](C)CO)nn1. The zero-order valence-corrected chi connectivity index (χ0v) is 16.7. The summed E-state index contributed by atoms with van der Waals surface area (Å²) in [5, 5.41) is 35.4. The molecule has 0 saturated heterocycles. The van der Waals surface area contributed by atoms with E-state index in [1.54, 1.807) is 27.8 Å². The van der Waals surface area contributed by atoms with Crippen LogP contribution in [0.15, 0.2) is 36.9 Å². The smallest absolute Gasteiger partial charge is 0.164 e. The van der Waals surface area contributed by atoms with Crippen LogP contribution in [0.3, 0.4) is 0 Å². The van der Waals surface area contributed by atoms with E-state index in [4.69, 9.17) is 5.26 Å². The predicted molar refractivity (Wildman–Crippen MR) is 111 cm³/mol. The van der Waals surface area contributed by atoms with Crippen LogP contribution in [0.4, 0.5) is 5.69 Å². The highest BCUT2D eigenvalue weighted by molar-refractivity contribution is 5.79. The summed E-state index contributed by atoms with van der Waals surface area (Å²) in [5.41, 5.74) is 3.29. The van der Waals surface area contributed by atoms with E-state index in [-0.39, 0.29) is 12.6 Å². The topological polar surface area (TPSA) is 130 Å². The van der Waals surface area contributed by atoms with Crippen molar-refractivity contribution < 1.29 is 5.11 Å². The third-order valence-electron chi connectivity index (χ3n) is 4.59. The van der Waals surface area contributed by atoms with Gasteiger partial charge in [-0.25, -0.2) is 9.97 Å². The Labute approximate surface area is 172 Å². The molecule has 4 aromatic rings. The highest BCUT2D eigenvalue weighted by Gasteiger charge is 2.16. The number of aliphatic hydroxyl groups excluding tert-OH is 1. The van der Waals surface area contributed by atoms with Crippen molar-refractivity contribution in [1.82, 2.24) is 34.7 Å². The number of aromatic nitrogens is 7. The summed E-state index contributed by atoms with van der Waals surface area (Å²) in [6.07, 6.45) is 7.70. The van der Waals surface area contributed by atoms with E-state index in [1.165, 1.54) is 6.20 Å². The lowest BCUT2D eigenvalue weighted by Gasteiger charge is -2.16. The highest BCUT2D eigenvalue weighted by atomic mass is 16.3. The van der Waals surface area contributed by atoms with Gasteiger partial charge in [0.25, 0.3) is 0 Å². The van der Waals surface area contributed by atoms with Crippen molar-refractivity contribution in [1.29, 1.82) is 5.26 Å². The van der Waals surface area contributed by atoms with Gasteiger partial charge in [0.15, 0.2) is 11.5 Å². The molecular weight excluding hydrogens is 382 g/mol. The molecule has 0 aliphatic rings. The van der Waals surface area contributed by atoms with Gasteiger partial charge in [0, 0.05) is 47.7 Å². The van der Waals surface area contributed by atoms with Gasteiger partial charge in [0.05, 0.1) is 24.6 Å². The molecule has 30 heavy (non-hydrogen) atoms. The Hall–Kier alpha value is -3.84. The van der Waals surface area contributed by atoms with Crippen molar-refractivity contribution in [2.75, 3.05) is 11.9 Å². The number of nitriles is 1. The lowest BCUT2D eigenvalue weighted by Crippen LogP contribution is -2.20. The fourth-order valence-corrected chi connectivity index (χ4v) is 3.10. The molecule has 0 radical (unpaired) electrons. The van der Waals surface area contributed by atoms with Crippen LogP contribution in [0.2, 0.25) is 0 Å². The summed E-state index contributed by atoms with van der Waals surface area (Å²) in [7, 11) is 0. The van der Waals surface area contributed by atoms with Crippen molar-refractivity contribution in [3.05, 3.63) is 42.5 Å². The van der Waals surface area contributed by atoms with E-state index in [0.29, 0.717) is 22.7 Å². The van der Waals surface area contributed by atoms with Gasteiger partial charge in [0.1, 0.15) is 11.8 Å². The van der Waals surface area contributed by atoms with Gasteiger partial charge >= 0.3 is 0 Å². The predicted octanol–water partition coefficient (Wildman–Crippen LogP) is 2.15. The summed E-state index contributed by atoms with van der Waals surface area (Å²) >= 11 is 0. The first kappa shape index (κ1) is 19.5. The van der Waals surface area contributed by atoms with Crippen molar-refractivity contribution in [2.45, 2.75) is 32.9 Å². The summed E-state index contributed by atoms with van der Waals surface area (Å²) in [6, 6.07) is 5.48. The van der Waals surface area contributed by atoms with Crippen LogP contribution in [-0.4, -0.2) is 52.5 Å². The van der Waals surface area contributed by atoms with Gasteiger partial charge in [-0.2, -0.15) is 15.0 Å². The molecule has 10 nitrogen and oxygen atoms in total. The highest BCUT2D eigenvalue weighted by Crippen LogP contribution is 2.28. The van der Waals surface area contributed by atoms with E-state index in [0.717, 1.165) is 29.6 Å². The monoisotopic (exact) mass is 403 g/mol. The lowest BCUT2D eigenvalue weighted by atomic mass is 10.1. The molecule has 0 aliphatic heterocycles. The van der Waals surface area contributed by atoms with E-state index < -0.39 is 0 Å². The number of hydrogen-bond acceptors (Lipinski definition) is 8. The quantitative estimate of drug-likeness (QED) is 0.480. The van der Waals surface area contributed by atoms with Crippen LogP contribution in [0.25, 0.3) is 28.1 Å². The van der Waals surface area contributed by atoms with Gasteiger partial charge < -0.3 is 10.4 Å². The molecule has 4 aromatic heterocycles. The molecule has 4 rings (SSSR count). The van der Waals surface area contributed by atoms with Crippen LogP contribution in [0.5, 0.6) is 0 Å². The van der Waals surface area contributed by atoms with E-state index in [9.17, 15) is 5.11 Å². The third kappa shape index (κ3) is 3.70. The average Bonchev–Trinajstić information content (AvgIpc) is 3.40. The number of aryl methyl sites for hydroxylation is 1. The van der Waals surface area contributed by atoms with Crippen LogP contribution in [0.1, 0.15) is 25.8 Å². The second kappa shape index (κ2) is 8.26. The zero-order valence-electron chi connectivity index (χ0n) is 16.7. The number of fused-ring (bicyclic) bond motifs is 1. The van der Waals surface area contributed by atoms with E-state index in [1.807, 2.05) is 19.2 Å². The molecule has 0 aliphatic carbocycles. The number of nitrogens with zero attached hydrogens (tertiary/aromatic N) is 8. The minimum absolute atomic E-state index is 0.0250. The normalized spacial score (nSPS) is 12.1. The lowest BCUT2D eigenvalue weighted by molar-refractivity contribution is 0.281. The summed E-state index contributed by atoms with van der Waals surface area (Å²) in [6.45, 7) is 4.72. The van der Waals surface area contributed by atoms with Gasteiger partial charge in [-0.05, 0) is 19.4 Å². The summed E-state index contributed by atoms with van der Waals surface area (Å²) in [5.74, 6) is 0.555. The molecule has 2 N–H and O–H groups in total. The summed E-state index contributed by atoms with van der Waals surface area (Å²) < 4.78 is 3.41. The molecule has 0 aromatic carbocycles. The van der Waals surface area contributed by atoms with Gasteiger partial charge in [0.2, 0.25) is 0 Å². The van der Waals surface area contributed by atoms with Crippen LogP contribution >= 0.6 is 0 Å². The maximum absolute atomic E-state index is 9.51. The molecule has 0 bridgehead atoms. The zero-order chi connectivity index (χ0) is 21.1. The van der Waals surface area contributed by atoms with Crippen LogP contribution < -0.4 is 5.32 Å². The number of nitrogens with one attached hydrogen (secondary N) is 1. The number of anilines is 1. The summed E-state index contributed by atoms with van der Waals surface area (Å²) in [4.78, 5) is 8.91. The second-order valence-corrected chi connectivity index (χ2v) is 6.99. The molecule has 0 spiro atoms. The second-order valence-electron chi connectivity index (χ2n) is 6.99. The first-order valence-electron chi connectivity index (χ1n) is 9.65. The molecule has 0 amide bonds. The fraction of sp³-hybridized carbons (Fsp3) is 0.300. The Morgan fingerprint density at radius 3 is 2.87 bits per heavy atom. The van der Waals surface area contributed by atoms with E-state index in [2.05, 4.69) is 43.7 Å². The molecule has 0 fully saturated rings. The maximum atomic E-state index is 9.51. The Balaban J connectivity index is 1.78. The Morgan fingerprint density at radius 1 is 1.23 bits per heavy atom. The standard InChI is InChI=1S/C20H21N9O/c1-3-4-28-11-18(26-27-28)16-10-22-19(6-17(16)25-13(2)12-30)29-20-15(9-24-29)5-14(7-21)8-23-20/h5-6,8-11,13,30H,3-4,12H2,1-2H3,(H,22,25)/t13-/m0/s1. The molecule has 0 unspecified atom stereocenters. The maximum Gasteiger partial charge on any atom is 0.164 e. The molecular formula is C20H21N9O. The first-order chi connectivity index (χ1) is 14.6. The average molecular weight is 403 g/mol. The van der Waals surface area contributed by atoms with Gasteiger partial charge in [-0.3, -0.25) is 4.68 Å². The Kier molecular flexibility index (Phi) is 5.36. The molecule has 1 atom stereocenters. The largest absolute Gasteiger partial charge is 0.394 e. The Morgan fingerprint density at radius 2 is 2.10 bits per heavy atom. The number of rotatable bonds is 7. The number of hydrogen-bond donors (Lipinski definition) is 2. The van der Waals surface area contributed by atoms with Crippen molar-refractivity contribution in [2.24, 2.45) is 0 Å². The molecule has 10 heteroatoms. The van der Waals surface area contributed by atoms with E-state index >= 15 is 0 Å². The number of pyridine rings is 2. The van der Waals surface area contributed by atoms with Gasteiger partial charge in [-0.1, -0.05) is 12.1 Å². The minimum atomic E-state index is -0.171. The van der Waals surface area contributed by atoms with Crippen molar-refractivity contribution in [3.63, 3.8) is 0 Å².